The van der Waals surface area contributed by atoms with Crippen LogP contribution in [-0.2, 0) is 4.79 Å². The van der Waals surface area contributed by atoms with Gasteiger partial charge in [-0.05, 0) is 43.4 Å². The molecular formula is C19H18ClN5O3. The van der Waals surface area contributed by atoms with Crippen molar-refractivity contribution in [2.45, 2.75) is 19.3 Å². The molecule has 1 atom stereocenters. The number of rotatable bonds is 5. The van der Waals surface area contributed by atoms with Crippen molar-refractivity contribution in [2.75, 3.05) is 16.8 Å². The number of hydrogen-bond acceptors (Lipinski definition) is 6. The van der Waals surface area contributed by atoms with Crippen molar-refractivity contribution in [3.05, 3.63) is 42.2 Å². The highest BCUT2D eigenvalue weighted by Crippen LogP contribution is 2.51. The number of anilines is 3. The first kappa shape index (κ1) is 19.6. The summed E-state index contributed by atoms with van der Waals surface area (Å²) in [7, 11) is 0. The number of carboxylic acid groups (broad SMARTS) is 1. The summed E-state index contributed by atoms with van der Waals surface area (Å²) in [5, 5.41) is 21.5. The third-order valence-corrected chi connectivity index (χ3v) is 5.15. The second-order valence-corrected chi connectivity index (χ2v) is 6.83. The Kier molecular flexibility index (Phi) is 5.21. The molecule has 2 aliphatic rings. The molecule has 2 fully saturated rings. The fourth-order valence-corrected chi connectivity index (χ4v) is 3.51. The molecule has 1 saturated carbocycles. The molecular weight excluding hydrogens is 382 g/mol. The van der Waals surface area contributed by atoms with Gasteiger partial charge >= 0.3 is 5.97 Å². The second kappa shape index (κ2) is 7.44. The lowest BCUT2D eigenvalue weighted by Gasteiger charge is -2.21. The molecule has 0 aromatic carbocycles. The maximum Gasteiger partial charge on any atom is 0.337 e. The molecule has 1 amide bonds. The van der Waals surface area contributed by atoms with E-state index >= 15 is 0 Å². The summed E-state index contributed by atoms with van der Waals surface area (Å²) in [6.07, 6.45) is 5.27. The summed E-state index contributed by atoms with van der Waals surface area (Å²) < 4.78 is 0. The van der Waals surface area contributed by atoms with E-state index in [1.54, 1.807) is 29.3 Å². The molecule has 0 radical (unpaired) electrons. The van der Waals surface area contributed by atoms with Crippen molar-refractivity contribution < 1.29 is 14.7 Å². The summed E-state index contributed by atoms with van der Waals surface area (Å²) in [6.45, 7) is 0.512. The number of carbonyl (C=O) groups excluding carboxylic acids is 1. The number of amides is 1. The number of aromatic carboxylic acids is 1. The Balaban J connectivity index is 0.00000225. The number of halogens is 1. The van der Waals surface area contributed by atoms with Gasteiger partial charge in [-0.25, -0.2) is 14.8 Å². The van der Waals surface area contributed by atoms with Crippen LogP contribution < -0.4 is 10.2 Å². The standard InChI is InChI=1S/C19H17N5O3.ClH/c20-11-19(13-2-3-13)6-8-24(18(19)27)14-5-7-21-16(9-14)23-15-4-1-12(10-22-15)17(25)26;/h1,4-5,7,9-10,13H,2-3,6,8H2,(H,25,26)(H,21,22,23);1H/t19-;/m1./s1. The fraction of sp³-hybridized carbons (Fsp3) is 0.316. The second-order valence-electron chi connectivity index (χ2n) is 6.83. The molecule has 2 N–H and O–H groups in total. The normalized spacial score (nSPS) is 21.0. The van der Waals surface area contributed by atoms with E-state index in [-0.39, 0.29) is 29.8 Å². The predicted octanol–water partition coefficient (Wildman–Crippen LogP) is 3.00. The molecule has 8 nitrogen and oxygen atoms in total. The van der Waals surface area contributed by atoms with Gasteiger partial charge in [-0.3, -0.25) is 4.79 Å². The largest absolute Gasteiger partial charge is 0.478 e. The van der Waals surface area contributed by atoms with Crippen molar-refractivity contribution in [1.29, 1.82) is 5.26 Å². The molecule has 3 heterocycles. The lowest BCUT2D eigenvalue weighted by molar-refractivity contribution is -0.123. The highest BCUT2D eigenvalue weighted by atomic mass is 35.5. The maximum absolute atomic E-state index is 12.9. The third kappa shape index (κ3) is 3.37. The van der Waals surface area contributed by atoms with E-state index in [2.05, 4.69) is 21.4 Å². The fourth-order valence-electron chi connectivity index (χ4n) is 3.51. The number of nitrogens with zero attached hydrogens (tertiary/aromatic N) is 4. The van der Waals surface area contributed by atoms with Gasteiger partial charge in [0.05, 0.1) is 11.6 Å². The maximum atomic E-state index is 12.9. The lowest BCUT2D eigenvalue weighted by atomic mass is 9.83. The van der Waals surface area contributed by atoms with Crippen LogP contribution in [0.4, 0.5) is 17.3 Å². The van der Waals surface area contributed by atoms with Gasteiger partial charge in [-0.1, -0.05) is 0 Å². The SMILES string of the molecule is Cl.N#C[C@@]1(C2CC2)CCN(c2ccnc(Nc3ccc(C(=O)O)cn3)c2)C1=O. The first-order valence-electron chi connectivity index (χ1n) is 8.69. The van der Waals surface area contributed by atoms with E-state index in [0.717, 1.165) is 12.8 Å². The van der Waals surface area contributed by atoms with Gasteiger partial charge in [-0.15, -0.1) is 12.4 Å². The number of nitrogens with one attached hydrogen (secondary N) is 1. The Labute approximate surface area is 167 Å². The monoisotopic (exact) mass is 399 g/mol. The van der Waals surface area contributed by atoms with Gasteiger partial charge < -0.3 is 15.3 Å². The minimum atomic E-state index is -1.04. The first-order chi connectivity index (χ1) is 13.0. The molecule has 0 unspecified atom stereocenters. The van der Waals surface area contributed by atoms with E-state index in [9.17, 15) is 14.9 Å². The van der Waals surface area contributed by atoms with E-state index in [4.69, 9.17) is 5.11 Å². The molecule has 0 spiro atoms. The number of carbonyl (C=O) groups is 2. The van der Waals surface area contributed by atoms with Crippen molar-refractivity contribution in [2.24, 2.45) is 11.3 Å². The molecule has 0 bridgehead atoms. The van der Waals surface area contributed by atoms with Crippen LogP contribution in [0.2, 0.25) is 0 Å². The van der Waals surface area contributed by atoms with Crippen molar-refractivity contribution >= 4 is 41.6 Å². The summed E-state index contributed by atoms with van der Waals surface area (Å²) in [4.78, 5) is 33.7. The zero-order valence-electron chi connectivity index (χ0n) is 14.8. The molecule has 2 aromatic rings. The van der Waals surface area contributed by atoms with E-state index < -0.39 is 11.4 Å². The molecule has 2 aromatic heterocycles. The van der Waals surface area contributed by atoms with Gasteiger partial charge in [0.25, 0.3) is 0 Å². The van der Waals surface area contributed by atoms with E-state index in [0.29, 0.717) is 30.3 Å². The summed E-state index contributed by atoms with van der Waals surface area (Å²) in [6, 6.07) is 8.74. The van der Waals surface area contributed by atoms with Crippen molar-refractivity contribution in [1.82, 2.24) is 9.97 Å². The average Bonchev–Trinajstić information content (AvgIpc) is 3.47. The third-order valence-electron chi connectivity index (χ3n) is 5.15. The Hall–Kier alpha value is -3.18. The van der Waals surface area contributed by atoms with Gasteiger partial charge in [0.2, 0.25) is 5.91 Å². The zero-order valence-corrected chi connectivity index (χ0v) is 15.6. The van der Waals surface area contributed by atoms with Crippen LogP contribution in [0.25, 0.3) is 0 Å². The summed E-state index contributed by atoms with van der Waals surface area (Å²) in [5.74, 6) is -0.0677. The predicted molar refractivity (Wildman–Crippen MR) is 104 cm³/mol. The number of aromatic nitrogens is 2. The number of carboxylic acids is 1. The van der Waals surface area contributed by atoms with E-state index in [1.165, 1.54) is 12.3 Å². The quantitative estimate of drug-likeness (QED) is 0.792. The molecule has 1 aliphatic heterocycles. The summed E-state index contributed by atoms with van der Waals surface area (Å²) in [5.41, 5.74) is -0.110. The molecule has 1 saturated heterocycles. The number of hydrogen-bond donors (Lipinski definition) is 2. The minimum Gasteiger partial charge on any atom is -0.478 e. The first-order valence-corrected chi connectivity index (χ1v) is 8.69. The Bertz CT molecular complexity index is 955. The minimum absolute atomic E-state index is 0. The number of nitriles is 1. The topological polar surface area (TPSA) is 119 Å². The smallest absolute Gasteiger partial charge is 0.337 e. The van der Waals surface area contributed by atoms with Crippen LogP contribution in [0.15, 0.2) is 36.7 Å². The lowest BCUT2D eigenvalue weighted by Crippen LogP contribution is -2.35. The Morgan fingerprint density at radius 3 is 2.68 bits per heavy atom. The van der Waals surface area contributed by atoms with Gasteiger partial charge in [-0.2, -0.15) is 5.26 Å². The van der Waals surface area contributed by atoms with Crippen LogP contribution >= 0.6 is 12.4 Å². The van der Waals surface area contributed by atoms with Crippen LogP contribution in [0.3, 0.4) is 0 Å². The van der Waals surface area contributed by atoms with Crippen molar-refractivity contribution in [3.8, 4) is 6.07 Å². The zero-order chi connectivity index (χ0) is 19.0. The van der Waals surface area contributed by atoms with Gasteiger partial charge in [0.1, 0.15) is 17.1 Å². The Morgan fingerprint density at radius 1 is 1.29 bits per heavy atom. The van der Waals surface area contributed by atoms with Gasteiger partial charge in [0.15, 0.2) is 0 Å². The molecule has 4 rings (SSSR count). The van der Waals surface area contributed by atoms with Crippen LogP contribution in [0, 0.1) is 22.7 Å². The molecule has 28 heavy (non-hydrogen) atoms. The van der Waals surface area contributed by atoms with Crippen LogP contribution in [-0.4, -0.2) is 33.5 Å². The average molecular weight is 400 g/mol. The van der Waals surface area contributed by atoms with Crippen LogP contribution in [0.1, 0.15) is 29.6 Å². The Morgan fingerprint density at radius 2 is 2.07 bits per heavy atom. The highest BCUT2D eigenvalue weighted by Gasteiger charge is 2.56. The van der Waals surface area contributed by atoms with Crippen molar-refractivity contribution in [3.63, 3.8) is 0 Å². The van der Waals surface area contributed by atoms with Gasteiger partial charge in [0, 0.05) is 30.7 Å². The summed E-state index contributed by atoms with van der Waals surface area (Å²) >= 11 is 0. The van der Waals surface area contributed by atoms with E-state index in [1.807, 2.05) is 0 Å². The van der Waals surface area contributed by atoms with Crippen LogP contribution in [0.5, 0.6) is 0 Å². The molecule has 1 aliphatic carbocycles. The molecule has 144 valence electrons. The highest BCUT2D eigenvalue weighted by molar-refractivity contribution is 6.02. The molecule has 9 heteroatoms. The number of pyridine rings is 2.